The molecule has 1 heterocycles. The van der Waals surface area contributed by atoms with Gasteiger partial charge in [-0.1, -0.05) is 46.2 Å². The van der Waals surface area contributed by atoms with Crippen molar-refractivity contribution in [2.75, 3.05) is 5.75 Å². The maximum atomic E-state index is 12.4. The average Bonchev–Trinajstić information content (AvgIpc) is 3.35. The van der Waals surface area contributed by atoms with Crippen molar-refractivity contribution in [3.8, 4) is 11.4 Å². The predicted molar refractivity (Wildman–Crippen MR) is 107 cm³/mol. The molecule has 1 amide bonds. The van der Waals surface area contributed by atoms with Crippen LogP contribution in [0.3, 0.4) is 0 Å². The summed E-state index contributed by atoms with van der Waals surface area (Å²) < 4.78 is 3.11. The van der Waals surface area contributed by atoms with E-state index in [0.717, 1.165) is 33.5 Å². The molecule has 2 aromatic rings. The van der Waals surface area contributed by atoms with Crippen molar-refractivity contribution in [3.05, 3.63) is 28.7 Å². The Kier molecular flexibility index (Phi) is 5.36. The first-order valence-corrected chi connectivity index (χ1v) is 11.0. The third-order valence-corrected chi connectivity index (χ3v) is 7.05. The van der Waals surface area contributed by atoms with E-state index in [1.807, 2.05) is 24.3 Å². The lowest BCUT2D eigenvalue weighted by atomic mass is 9.95. The van der Waals surface area contributed by atoms with Crippen LogP contribution in [0, 0.1) is 11.8 Å². The number of carbonyl (C=O) groups excluding carboxylic acids is 1. The summed E-state index contributed by atoms with van der Waals surface area (Å²) in [5.74, 6) is 2.90. The fraction of sp³-hybridized carbons (Fsp3) is 0.526. The highest BCUT2D eigenvalue weighted by Crippen LogP contribution is 2.44. The van der Waals surface area contributed by atoms with Crippen LogP contribution < -0.4 is 5.32 Å². The summed E-state index contributed by atoms with van der Waals surface area (Å²) >= 11 is 4.93. The van der Waals surface area contributed by atoms with Crippen molar-refractivity contribution >= 4 is 33.6 Å². The Morgan fingerprint density at radius 1 is 1.27 bits per heavy atom. The molecule has 2 aliphatic carbocycles. The second-order valence-electron chi connectivity index (χ2n) is 7.19. The molecule has 0 aliphatic heterocycles. The van der Waals surface area contributed by atoms with Crippen LogP contribution in [0.25, 0.3) is 11.4 Å². The number of nitrogens with one attached hydrogen (secondary N) is 1. The van der Waals surface area contributed by atoms with Crippen molar-refractivity contribution in [2.45, 2.75) is 50.4 Å². The number of aromatic nitrogens is 3. The molecule has 26 heavy (non-hydrogen) atoms. The third kappa shape index (κ3) is 3.69. The molecule has 4 rings (SSSR count). The lowest BCUT2D eigenvalue weighted by Gasteiger charge is -2.22. The van der Waals surface area contributed by atoms with Gasteiger partial charge in [0.25, 0.3) is 0 Å². The number of nitrogens with zero attached hydrogens (tertiary/aromatic N) is 3. The van der Waals surface area contributed by atoms with Gasteiger partial charge < -0.3 is 9.88 Å². The van der Waals surface area contributed by atoms with E-state index in [1.165, 1.54) is 37.4 Å². The highest BCUT2D eigenvalue weighted by Gasteiger charge is 2.40. The number of halogens is 1. The summed E-state index contributed by atoms with van der Waals surface area (Å²) in [6, 6.07) is 8.44. The van der Waals surface area contributed by atoms with Gasteiger partial charge in [-0.2, -0.15) is 0 Å². The molecule has 0 saturated heterocycles. The highest BCUT2D eigenvalue weighted by atomic mass is 79.9. The SMILES string of the molecule is CCn1c(SCC(=O)N[C@H]2C[C@H]3CC[C@@H]2C3)nnc1-c1ccc(Br)cc1. The van der Waals surface area contributed by atoms with Gasteiger partial charge in [-0.3, -0.25) is 4.79 Å². The second-order valence-corrected chi connectivity index (χ2v) is 9.05. The van der Waals surface area contributed by atoms with Gasteiger partial charge in [0.05, 0.1) is 5.75 Å². The van der Waals surface area contributed by atoms with Gasteiger partial charge in [-0.15, -0.1) is 10.2 Å². The van der Waals surface area contributed by atoms with Gasteiger partial charge in [-0.25, -0.2) is 0 Å². The van der Waals surface area contributed by atoms with Crippen molar-refractivity contribution in [2.24, 2.45) is 11.8 Å². The number of rotatable bonds is 6. The topological polar surface area (TPSA) is 59.8 Å². The smallest absolute Gasteiger partial charge is 0.230 e. The van der Waals surface area contributed by atoms with Gasteiger partial charge in [0.2, 0.25) is 5.91 Å². The Morgan fingerprint density at radius 3 is 2.73 bits per heavy atom. The number of benzene rings is 1. The van der Waals surface area contributed by atoms with Crippen LogP contribution in [0.15, 0.2) is 33.9 Å². The van der Waals surface area contributed by atoms with E-state index in [0.29, 0.717) is 17.7 Å². The van der Waals surface area contributed by atoms with Gasteiger partial charge >= 0.3 is 0 Å². The van der Waals surface area contributed by atoms with E-state index >= 15 is 0 Å². The van der Waals surface area contributed by atoms with E-state index in [-0.39, 0.29) is 5.91 Å². The first-order valence-electron chi connectivity index (χ1n) is 9.25. The Hall–Kier alpha value is -1.34. The molecule has 3 atom stereocenters. The van der Waals surface area contributed by atoms with Gasteiger partial charge in [-0.05, 0) is 50.2 Å². The number of carbonyl (C=O) groups is 1. The molecule has 2 aliphatic rings. The quantitative estimate of drug-likeness (QED) is 0.694. The van der Waals surface area contributed by atoms with Gasteiger partial charge in [0.15, 0.2) is 11.0 Å². The number of thioether (sulfide) groups is 1. The largest absolute Gasteiger partial charge is 0.352 e. The molecule has 2 bridgehead atoms. The molecular formula is C19H23BrN4OS. The van der Waals surface area contributed by atoms with Crippen molar-refractivity contribution in [1.82, 2.24) is 20.1 Å². The molecule has 2 saturated carbocycles. The molecule has 0 unspecified atom stereocenters. The molecular weight excluding hydrogens is 412 g/mol. The molecule has 7 heteroatoms. The van der Waals surface area contributed by atoms with Gasteiger partial charge in [0, 0.05) is 22.6 Å². The van der Waals surface area contributed by atoms with Crippen LogP contribution >= 0.6 is 27.7 Å². The summed E-state index contributed by atoms with van der Waals surface area (Å²) in [4.78, 5) is 12.4. The van der Waals surface area contributed by atoms with Crippen molar-refractivity contribution in [1.29, 1.82) is 0 Å². The first-order chi connectivity index (χ1) is 12.6. The fourth-order valence-corrected chi connectivity index (χ4v) is 5.37. The van der Waals surface area contributed by atoms with Gasteiger partial charge in [0.1, 0.15) is 0 Å². The molecule has 0 radical (unpaired) electrons. The van der Waals surface area contributed by atoms with Crippen LogP contribution in [0.2, 0.25) is 0 Å². The second kappa shape index (κ2) is 7.72. The predicted octanol–water partition coefficient (Wildman–Crippen LogP) is 4.12. The van der Waals surface area contributed by atoms with Crippen LogP contribution in [-0.2, 0) is 11.3 Å². The number of hydrogen-bond acceptors (Lipinski definition) is 4. The van der Waals surface area contributed by atoms with Crippen LogP contribution in [0.4, 0.5) is 0 Å². The average molecular weight is 435 g/mol. The molecule has 1 N–H and O–H groups in total. The van der Waals surface area contributed by atoms with Crippen LogP contribution in [0.1, 0.15) is 32.6 Å². The maximum absolute atomic E-state index is 12.4. The zero-order valence-electron chi connectivity index (χ0n) is 14.8. The molecule has 2 fully saturated rings. The van der Waals surface area contributed by atoms with E-state index in [4.69, 9.17) is 0 Å². The highest BCUT2D eigenvalue weighted by molar-refractivity contribution is 9.10. The molecule has 1 aromatic heterocycles. The number of fused-ring (bicyclic) bond motifs is 2. The molecule has 1 aromatic carbocycles. The molecule has 5 nitrogen and oxygen atoms in total. The van der Waals surface area contributed by atoms with E-state index in [9.17, 15) is 4.79 Å². The zero-order valence-corrected chi connectivity index (χ0v) is 17.2. The Labute approximate surface area is 166 Å². The van der Waals surface area contributed by atoms with E-state index in [2.05, 4.69) is 42.9 Å². The van der Waals surface area contributed by atoms with Crippen molar-refractivity contribution in [3.63, 3.8) is 0 Å². The number of hydrogen-bond donors (Lipinski definition) is 1. The Balaban J connectivity index is 1.39. The monoisotopic (exact) mass is 434 g/mol. The molecule has 0 spiro atoms. The zero-order chi connectivity index (χ0) is 18.1. The Morgan fingerprint density at radius 2 is 2.08 bits per heavy atom. The summed E-state index contributed by atoms with van der Waals surface area (Å²) in [5, 5.41) is 12.7. The van der Waals surface area contributed by atoms with Crippen LogP contribution in [0.5, 0.6) is 0 Å². The Bertz CT molecular complexity index is 791. The summed E-state index contributed by atoms with van der Waals surface area (Å²) in [6.07, 6.45) is 5.10. The first kappa shape index (κ1) is 18.0. The summed E-state index contributed by atoms with van der Waals surface area (Å²) in [5.41, 5.74) is 1.03. The van der Waals surface area contributed by atoms with Crippen molar-refractivity contribution < 1.29 is 4.79 Å². The van der Waals surface area contributed by atoms with Crippen LogP contribution in [-0.4, -0.2) is 32.5 Å². The number of amides is 1. The summed E-state index contributed by atoms with van der Waals surface area (Å²) in [6.45, 7) is 2.85. The minimum atomic E-state index is 0.114. The fourth-order valence-electron chi connectivity index (χ4n) is 4.29. The summed E-state index contributed by atoms with van der Waals surface area (Å²) in [7, 11) is 0. The normalized spacial score (nSPS) is 24.2. The lowest BCUT2D eigenvalue weighted by Crippen LogP contribution is -2.39. The molecule has 138 valence electrons. The van der Waals surface area contributed by atoms with E-state index in [1.54, 1.807) is 0 Å². The minimum Gasteiger partial charge on any atom is -0.352 e. The third-order valence-electron chi connectivity index (χ3n) is 5.55. The lowest BCUT2D eigenvalue weighted by molar-refractivity contribution is -0.119. The maximum Gasteiger partial charge on any atom is 0.230 e. The van der Waals surface area contributed by atoms with E-state index < -0.39 is 0 Å². The standard InChI is InChI=1S/C19H23BrN4OS/c1-2-24-18(13-5-7-15(20)8-6-13)22-23-19(24)26-11-17(25)21-16-10-12-3-4-14(16)9-12/h5-8,12,14,16H,2-4,9-11H2,1H3,(H,21,25)/t12-,14+,16-/m0/s1. The minimum absolute atomic E-state index is 0.114.